The summed E-state index contributed by atoms with van der Waals surface area (Å²) >= 11 is 13.7. The van der Waals surface area contributed by atoms with E-state index < -0.39 is 6.04 Å². The summed E-state index contributed by atoms with van der Waals surface area (Å²) in [5.41, 5.74) is 6.31. The third-order valence-corrected chi connectivity index (χ3v) is 9.21. The van der Waals surface area contributed by atoms with E-state index in [0.29, 0.717) is 25.1 Å². The summed E-state index contributed by atoms with van der Waals surface area (Å²) in [5, 5.41) is 1.08. The van der Waals surface area contributed by atoms with E-state index in [2.05, 4.69) is 12.1 Å². The first-order valence-electron chi connectivity index (χ1n) is 13.5. The number of nitrogens with zero attached hydrogens (tertiary/aromatic N) is 2. The molecular formula is C34H23Cl2FN2O2S. The van der Waals surface area contributed by atoms with E-state index in [4.69, 9.17) is 32.9 Å². The summed E-state index contributed by atoms with van der Waals surface area (Å²) in [6.07, 6.45) is 3.41. The molecular weight excluding hydrogens is 590 g/mol. The van der Waals surface area contributed by atoms with E-state index in [1.165, 1.54) is 29.0 Å². The third kappa shape index (κ3) is 4.90. The highest BCUT2D eigenvalue weighted by molar-refractivity contribution is 7.07. The number of para-hydroxylation sites is 1. The predicted molar refractivity (Wildman–Crippen MR) is 166 cm³/mol. The summed E-state index contributed by atoms with van der Waals surface area (Å²) in [5.74, 6) is 0.279. The Kier molecular flexibility index (Phi) is 7.06. The average molecular weight is 614 g/mol. The molecule has 0 amide bonds. The molecule has 0 spiro atoms. The molecule has 208 valence electrons. The average Bonchev–Trinajstić information content (AvgIpc) is 3.30. The van der Waals surface area contributed by atoms with Gasteiger partial charge in [0.15, 0.2) is 4.80 Å². The van der Waals surface area contributed by atoms with Crippen molar-refractivity contribution in [1.29, 1.82) is 0 Å². The van der Waals surface area contributed by atoms with Crippen molar-refractivity contribution in [2.45, 2.75) is 25.5 Å². The van der Waals surface area contributed by atoms with Crippen LogP contribution in [0.15, 0.2) is 106 Å². The summed E-state index contributed by atoms with van der Waals surface area (Å²) < 4.78 is 22.9. The molecule has 4 aromatic carbocycles. The van der Waals surface area contributed by atoms with Gasteiger partial charge in [-0.1, -0.05) is 95.2 Å². The van der Waals surface area contributed by atoms with Gasteiger partial charge in [0.05, 0.1) is 16.3 Å². The Morgan fingerprint density at radius 3 is 2.67 bits per heavy atom. The van der Waals surface area contributed by atoms with Crippen LogP contribution in [0.5, 0.6) is 5.75 Å². The molecule has 0 radical (unpaired) electrons. The second-order valence-corrected chi connectivity index (χ2v) is 12.1. The van der Waals surface area contributed by atoms with Gasteiger partial charge in [0, 0.05) is 26.7 Å². The molecule has 1 aromatic heterocycles. The van der Waals surface area contributed by atoms with Crippen LogP contribution in [0.1, 0.15) is 40.3 Å². The SMILES string of the molecule is O=c1/c(=C/c2ccccc2OCc2ccc(Cl)cc2Cl)sc2n1C(c1cccc(F)c1)C1=C(N=2)c2ccccc2CC1. The van der Waals surface area contributed by atoms with Crippen LogP contribution in [0.4, 0.5) is 4.39 Å². The van der Waals surface area contributed by atoms with Gasteiger partial charge in [-0.05, 0) is 65.9 Å². The number of fused-ring (bicyclic) bond motifs is 3. The van der Waals surface area contributed by atoms with E-state index in [1.807, 2.05) is 54.6 Å². The fraction of sp³-hybridized carbons (Fsp3) is 0.118. The zero-order valence-electron chi connectivity index (χ0n) is 22.2. The molecule has 0 N–H and O–H groups in total. The van der Waals surface area contributed by atoms with E-state index in [1.54, 1.807) is 22.8 Å². The maximum atomic E-state index is 14.5. The van der Waals surface area contributed by atoms with Crippen molar-refractivity contribution in [3.8, 4) is 5.75 Å². The van der Waals surface area contributed by atoms with Crippen molar-refractivity contribution in [3.63, 3.8) is 0 Å². The smallest absolute Gasteiger partial charge is 0.271 e. The number of benzene rings is 4. The van der Waals surface area contributed by atoms with Gasteiger partial charge in [-0.25, -0.2) is 9.38 Å². The molecule has 0 bridgehead atoms. The van der Waals surface area contributed by atoms with Gasteiger partial charge in [-0.3, -0.25) is 9.36 Å². The lowest BCUT2D eigenvalue weighted by Gasteiger charge is -2.30. The van der Waals surface area contributed by atoms with E-state index in [0.717, 1.165) is 46.4 Å². The van der Waals surface area contributed by atoms with Gasteiger partial charge >= 0.3 is 0 Å². The van der Waals surface area contributed by atoms with Crippen molar-refractivity contribution in [3.05, 3.63) is 160 Å². The van der Waals surface area contributed by atoms with Crippen molar-refractivity contribution < 1.29 is 9.13 Å². The number of rotatable bonds is 5. The van der Waals surface area contributed by atoms with Crippen molar-refractivity contribution in [2.24, 2.45) is 4.99 Å². The molecule has 8 heteroatoms. The van der Waals surface area contributed by atoms with Crippen LogP contribution < -0.4 is 19.6 Å². The predicted octanol–water partition coefficient (Wildman–Crippen LogP) is 7.34. The van der Waals surface area contributed by atoms with E-state index in [-0.39, 0.29) is 18.0 Å². The standard InChI is InChI=1S/C34H23Cl2FN2O2S/c35-24-14-12-23(28(36)18-24)19-41-29-11-4-2-7-21(29)17-30-33(40)39-32(22-8-5-9-25(37)16-22)27-15-13-20-6-1-3-10-26(20)31(27)38-34(39)42-30/h1-12,14,16-18,32H,13,15,19H2/b30-17-. The van der Waals surface area contributed by atoms with Crippen LogP contribution in [0.3, 0.4) is 0 Å². The largest absolute Gasteiger partial charge is 0.488 e. The molecule has 1 aliphatic heterocycles. The summed E-state index contributed by atoms with van der Waals surface area (Å²) in [4.78, 5) is 19.7. The number of ether oxygens (including phenoxy) is 1. The Balaban J connectivity index is 1.35. The Morgan fingerprint density at radius 1 is 0.976 bits per heavy atom. The monoisotopic (exact) mass is 612 g/mol. The zero-order valence-corrected chi connectivity index (χ0v) is 24.5. The first-order chi connectivity index (χ1) is 20.5. The number of aromatic nitrogens is 1. The van der Waals surface area contributed by atoms with E-state index in [9.17, 15) is 9.18 Å². The van der Waals surface area contributed by atoms with Gasteiger partial charge < -0.3 is 4.74 Å². The van der Waals surface area contributed by atoms with Crippen LogP contribution in [-0.2, 0) is 13.0 Å². The molecule has 5 aromatic rings. The van der Waals surface area contributed by atoms with Gasteiger partial charge in [-0.15, -0.1) is 0 Å². The lowest BCUT2D eigenvalue weighted by Crippen LogP contribution is -2.38. The Morgan fingerprint density at radius 2 is 1.81 bits per heavy atom. The number of hydrogen-bond acceptors (Lipinski definition) is 4. The number of halogens is 3. The Bertz CT molecular complexity index is 2080. The number of allylic oxidation sites excluding steroid dienone is 1. The van der Waals surface area contributed by atoms with Gasteiger partial charge in [0.1, 0.15) is 18.2 Å². The van der Waals surface area contributed by atoms with Crippen molar-refractivity contribution in [1.82, 2.24) is 4.57 Å². The minimum Gasteiger partial charge on any atom is -0.488 e. The lowest BCUT2D eigenvalue weighted by molar-refractivity contribution is 0.305. The molecule has 42 heavy (non-hydrogen) atoms. The summed E-state index contributed by atoms with van der Waals surface area (Å²) in [6, 6.07) is 27.1. The minimum absolute atomic E-state index is 0.172. The van der Waals surface area contributed by atoms with E-state index >= 15 is 0 Å². The fourth-order valence-electron chi connectivity index (χ4n) is 5.67. The zero-order chi connectivity index (χ0) is 28.8. The molecule has 7 rings (SSSR count). The normalized spacial score (nSPS) is 16.0. The van der Waals surface area contributed by atoms with Crippen LogP contribution in [0, 0.1) is 5.82 Å². The number of hydrogen-bond donors (Lipinski definition) is 0. The maximum Gasteiger partial charge on any atom is 0.271 e. The molecule has 0 fully saturated rings. The number of thiazole rings is 1. The molecule has 1 aliphatic carbocycles. The maximum absolute atomic E-state index is 14.5. The quantitative estimate of drug-likeness (QED) is 0.208. The number of aryl methyl sites for hydroxylation is 1. The van der Waals surface area contributed by atoms with Crippen molar-refractivity contribution in [2.75, 3.05) is 0 Å². The minimum atomic E-state index is -0.444. The highest BCUT2D eigenvalue weighted by atomic mass is 35.5. The van der Waals surface area contributed by atoms with Crippen molar-refractivity contribution >= 4 is 46.3 Å². The van der Waals surface area contributed by atoms with Crippen LogP contribution in [-0.4, -0.2) is 4.57 Å². The first kappa shape index (κ1) is 26.9. The lowest BCUT2D eigenvalue weighted by atomic mass is 9.83. The molecule has 4 nitrogen and oxygen atoms in total. The molecule has 1 unspecified atom stereocenters. The Labute approximate surface area is 255 Å². The molecule has 0 saturated heterocycles. The van der Waals surface area contributed by atoms with Gasteiger partial charge in [0.2, 0.25) is 0 Å². The molecule has 1 atom stereocenters. The molecule has 2 aliphatic rings. The fourth-order valence-corrected chi connectivity index (χ4v) is 7.12. The first-order valence-corrected chi connectivity index (χ1v) is 15.1. The molecule has 2 heterocycles. The summed E-state index contributed by atoms with van der Waals surface area (Å²) in [7, 11) is 0. The van der Waals surface area contributed by atoms with Gasteiger partial charge in [-0.2, -0.15) is 0 Å². The van der Waals surface area contributed by atoms with Crippen LogP contribution in [0.2, 0.25) is 10.0 Å². The molecule has 0 saturated carbocycles. The highest BCUT2D eigenvalue weighted by Crippen LogP contribution is 2.41. The van der Waals surface area contributed by atoms with Crippen LogP contribution in [0.25, 0.3) is 11.8 Å². The highest BCUT2D eigenvalue weighted by Gasteiger charge is 2.32. The third-order valence-electron chi connectivity index (χ3n) is 7.64. The van der Waals surface area contributed by atoms with Gasteiger partial charge in [0.25, 0.3) is 5.56 Å². The topological polar surface area (TPSA) is 43.6 Å². The second-order valence-electron chi connectivity index (χ2n) is 10.2. The van der Waals surface area contributed by atoms with Crippen LogP contribution >= 0.6 is 34.5 Å². The Hall–Kier alpha value is -3.97. The second kappa shape index (κ2) is 11.0. The summed E-state index contributed by atoms with van der Waals surface area (Å²) in [6.45, 7) is 0.244.